The number of carbonyl (C=O) groups is 2. The van der Waals surface area contributed by atoms with Crippen molar-refractivity contribution < 1.29 is 14.5 Å². The Bertz CT molecular complexity index is 688. The second kappa shape index (κ2) is 8.49. The van der Waals surface area contributed by atoms with Gasteiger partial charge in [0.15, 0.2) is 0 Å². The van der Waals surface area contributed by atoms with Crippen LogP contribution in [0.5, 0.6) is 0 Å². The van der Waals surface area contributed by atoms with Crippen molar-refractivity contribution in [2.75, 3.05) is 32.7 Å². The molecule has 4 N–H and O–H groups in total. The van der Waals surface area contributed by atoms with Crippen molar-refractivity contribution in [2.45, 2.75) is 6.04 Å². The van der Waals surface area contributed by atoms with Gasteiger partial charge < -0.3 is 20.9 Å². The molecule has 0 atom stereocenters. The third kappa shape index (κ3) is 4.40. The van der Waals surface area contributed by atoms with Crippen LogP contribution in [-0.2, 0) is 4.79 Å². The maximum Gasteiger partial charge on any atom is 0.312 e. The Kier molecular flexibility index (Phi) is 5.86. The first kappa shape index (κ1) is 17.9. The summed E-state index contributed by atoms with van der Waals surface area (Å²) in [6.45, 7) is 3.02. The molecular weight excluding hydrogens is 328 g/mol. The van der Waals surface area contributed by atoms with Crippen LogP contribution in [0.3, 0.4) is 0 Å². The quantitative estimate of drug-likeness (QED) is 0.716. The minimum atomic E-state index is -0.671. The fraction of sp³-hybridized carbons (Fsp3) is 0.300. The molecular formula is C20H25N4O2+. The lowest BCUT2D eigenvalue weighted by Crippen LogP contribution is -3.15. The second-order valence-corrected chi connectivity index (χ2v) is 6.51. The summed E-state index contributed by atoms with van der Waals surface area (Å²) in [5.74, 6) is -0.0844. The van der Waals surface area contributed by atoms with Crippen LogP contribution < -0.4 is 16.0 Å². The van der Waals surface area contributed by atoms with Gasteiger partial charge in [-0.05, 0) is 0 Å². The van der Waals surface area contributed by atoms with E-state index in [1.807, 2.05) is 12.1 Å². The third-order valence-corrected chi connectivity index (χ3v) is 4.85. The molecule has 1 saturated heterocycles. The van der Waals surface area contributed by atoms with Gasteiger partial charge in [0.1, 0.15) is 6.04 Å². The van der Waals surface area contributed by atoms with Gasteiger partial charge in [-0.3, -0.25) is 4.79 Å². The Labute approximate surface area is 153 Å². The minimum absolute atomic E-state index is 0.0362. The zero-order chi connectivity index (χ0) is 18.4. The van der Waals surface area contributed by atoms with Crippen molar-refractivity contribution in [1.29, 1.82) is 0 Å². The molecule has 136 valence electrons. The number of amides is 3. The first-order chi connectivity index (χ1) is 12.6. The summed E-state index contributed by atoms with van der Waals surface area (Å²) in [5.41, 5.74) is 7.60. The zero-order valence-corrected chi connectivity index (χ0v) is 14.7. The van der Waals surface area contributed by atoms with Gasteiger partial charge in [0, 0.05) is 11.1 Å². The topological polar surface area (TPSA) is 79.9 Å². The number of primary amides is 1. The predicted molar refractivity (Wildman–Crippen MR) is 99.6 cm³/mol. The molecule has 2 aromatic rings. The number of nitrogens with one attached hydrogen (secondary N) is 2. The molecule has 1 heterocycles. The van der Waals surface area contributed by atoms with Crippen molar-refractivity contribution in [3.05, 3.63) is 71.8 Å². The molecule has 6 heteroatoms. The van der Waals surface area contributed by atoms with Crippen LogP contribution in [0.4, 0.5) is 4.79 Å². The van der Waals surface area contributed by atoms with Gasteiger partial charge >= 0.3 is 6.03 Å². The molecule has 3 rings (SSSR count). The maximum atomic E-state index is 12.2. The van der Waals surface area contributed by atoms with Crippen molar-refractivity contribution in [3.63, 3.8) is 0 Å². The van der Waals surface area contributed by atoms with Crippen molar-refractivity contribution in [2.24, 2.45) is 5.73 Å². The van der Waals surface area contributed by atoms with Gasteiger partial charge in [-0.25, -0.2) is 4.79 Å². The Morgan fingerprint density at radius 3 is 1.92 bits per heavy atom. The Hall–Kier alpha value is -2.86. The highest BCUT2D eigenvalue weighted by Gasteiger charge is 2.31. The average molecular weight is 353 g/mol. The number of quaternary nitrogens is 1. The predicted octanol–water partition coefficient (Wildman–Crippen LogP) is 0.171. The molecule has 0 aromatic heterocycles. The number of hydrogen-bond donors (Lipinski definition) is 3. The highest BCUT2D eigenvalue weighted by Crippen LogP contribution is 2.19. The van der Waals surface area contributed by atoms with E-state index in [2.05, 4.69) is 53.8 Å². The van der Waals surface area contributed by atoms with Crippen LogP contribution in [0.1, 0.15) is 17.2 Å². The summed E-state index contributed by atoms with van der Waals surface area (Å²) >= 11 is 0. The van der Waals surface area contributed by atoms with E-state index in [1.165, 1.54) is 16.0 Å². The number of carbonyl (C=O) groups excluding carboxylic acids is 2. The smallest absolute Gasteiger partial charge is 0.312 e. The fourth-order valence-corrected chi connectivity index (χ4v) is 3.56. The normalized spacial score (nSPS) is 15.0. The van der Waals surface area contributed by atoms with Gasteiger partial charge in [0.05, 0.1) is 32.7 Å². The largest absolute Gasteiger partial charge is 0.352 e. The molecule has 26 heavy (non-hydrogen) atoms. The maximum absolute atomic E-state index is 12.2. The summed E-state index contributed by atoms with van der Waals surface area (Å²) in [4.78, 5) is 26.2. The van der Waals surface area contributed by atoms with Crippen LogP contribution in [0.25, 0.3) is 0 Å². The summed E-state index contributed by atoms with van der Waals surface area (Å²) in [6, 6.07) is 20.6. The molecule has 1 aliphatic rings. The van der Waals surface area contributed by atoms with Crippen molar-refractivity contribution in [1.82, 2.24) is 10.2 Å². The van der Waals surface area contributed by atoms with Gasteiger partial charge in [-0.1, -0.05) is 60.7 Å². The summed E-state index contributed by atoms with van der Waals surface area (Å²) in [5, 5.41) is 2.37. The molecule has 0 bridgehead atoms. The minimum Gasteiger partial charge on any atom is -0.352 e. The van der Waals surface area contributed by atoms with E-state index in [0.29, 0.717) is 13.1 Å². The molecule has 0 radical (unpaired) electrons. The van der Waals surface area contributed by atoms with E-state index >= 15 is 0 Å². The van der Waals surface area contributed by atoms with Gasteiger partial charge in [0.25, 0.3) is 0 Å². The van der Waals surface area contributed by atoms with E-state index in [-0.39, 0.29) is 18.5 Å². The lowest BCUT2D eigenvalue weighted by Gasteiger charge is -2.37. The number of piperazine rings is 1. The molecule has 2 aromatic carbocycles. The van der Waals surface area contributed by atoms with Crippen molar-refractivity contribution in [3.8, 4) is 0 Å². The molecule has 0 aliphatic carbocycles. The number of rotatable bonds is 5. The molecule has 3 amide bonds. The van der Waals surface area contributed by atoms with Crippen LogP contribution in [0.2, 0.25) is 0 Å². The van der Waals surface area contributed by atoms with Gasteiger partial charge in [0.2, 0.25) is 5.91 Å². The number of urea groups is 1. The fourth-order valence-electron chi connectivity index (χ4n) is 3.56. The SMILES string of the molecule is NC(=O)NCC(=O)N1CC[NH+](C(c2ccccc2)c2ccccc2)CC1. The highest BCUT2D eigenvalue weighted by atomic mass is 16.2. The highest BCUT2D eigenvalue weighted by molar-refractivity contribution is 5.83. The summed E-state index contributed by atoms with van der Waals surface area (Å²) in [6.07, 6.45) is 0. The molecule has 0 saturated carbocycles. The Morgan fingerprint density at radius 2 is 1.46 bits per heavy atom. The third-order valence-electron chi connectivity index (χ3n) is 4.85. The lowest BCUT2D eigenvalue weighted by atomic mass is 9.96. The Morgan fingerprint density at radius 1 is 0.962 bits per heavy atom. The molecule has 0 spiro atoms. The van der Waals surface area contributed by atoms with Gasteiger partial charge in [-0.15, -0.1) is 0 Å². The average Bonchev–Trinajstić information content (AvgIpc) is 2.68. The van der Waals surface area contributed by atoms with Crippen LogP contribution >= 0.6 is 0 Å². The molecule has 6 nitrogen and oxygen atoms in total. The lowest BCUT2D eigenvalue weighted by molar-refractivity contribution is -0.929. The van der Waals surface area contributed by atoms with Crippen LogP contribution in [0, 0.1) is 0 Å². The van der Waals surface area contributed by atoms with E-state index < -0.39 is 6.03 Å². The number of benzene rings is 2. The molecule has 1 fully saturated rings. The number of nitrogens with two attached hydrogens (primary N) is 1. The summed E-state index contributed by atoms with van der Waals surface area (Å²) < 4.78 is 0. The summed E-state index contributed by atoms with van der Waals surface area (Å²) in [7, 11) is 0. The zero-order valence-electron chi connectivity index (χ0n) is 14.7. The number of hydrogen-bond acceptors (Lipinski definition) is 2. The van der Waals surface area contributed by atoms with Gasteiger partial charge in [-0.2, -0.15) is 0 Å². The molecule has 0 unspecified atom stereocenters. The Balaban J connectivity index is 1.70. The standard InChI is InChI=1S/C20H24N4O2/c21-20(26)22-15-18(25)23-11-13-24(14-12-23)19(16-7-3-1-4-8-16)17-9-5-2-6-10-17/h1-10,19H,11-15H2,(H3,21,22,26)/p+1. The number of nitrogens with zero attached hydrogens (tertiary/aromatic N) is 1. The first-order valence-corrected chi connectivity index (χ1v) is 8.90. The van der Waals surface area contributed by atoms with Crippen LogP contribution in [-0.4, -0.2) is 49.6 Å². The van der Waals surface area contributed by atoms with E-state index in [1.54, 1.807) is 4.90 Å². The monoisotopic (exact) mass is 353 g/mol. The van der Waals surface area contributed by atoms with E-state index in [4.69, 9.17) is 5.73 Å². The molecule has 1 aliphatic heterocycles. The first-order valence-electron chi connectivity index (χ1n) is 8.90. The van der Waals surface area contributed by atoms with E-state index in [9.17, 15) is 9.59 Å². The van der Waals surface area contributed by atoms with Crippen molar-refractivity contribution >= 4 is 11.9 Å². The van der Waals surface area contributed by atoms with Crippen LogP contribution in [0.15, 0.2) is 60.7 Å². The second-order valence-electron chi connectivity index (χ2n) is 6.51. The van der Waals surface area contributed by atoms with E-state index in [0.717, 1.165) is 13.1 Å².